The molecule has 2 aromatic rings. The number of rotatable bonds is 5. The second kappa shape index (κ2) is 9.08. The predicted molar refractivity (Wildman–Crippen MR) is 117 cm³/mol. The molecule has 0 radical (unpaired) electrons. The summed E-state index contributed by atoms with van der Waals surface area (Å²) in [6.45, 7) is 5.05. The van der Waals surface area contributed by atoms with Crippen molar-refractivity contribution in [2.75, 3.05) is 46.2 Å². The van der Waals surface area contributed by atoms with E-state index in [1.165, 1.54) is 24.8 Å². The lowest BCUT2D eigenvalue weighted by atomic mass is 9.92. The van der Waals surface area contributed by atoms with Crippen molar-refractivity contribution in [3.05, 3.63) is 29.3 Å². The van der Waals surface area contributed by atoms with Gasteiger partial charge in [-0.25, -0.2) is 0 Å². The normalized spacial score (nSPS) is 21.8. The number of nitrogens with zero attached hydrogens (tertiary/aromatic N) is 2. The van der Waals surface area contributed by atoms with E-state index in [1.54, 1.807) is 0 Å². The zero-order valence-electron chi connectivity index (χ0n) is 17.6. The second-order valence-corrected chi connectivity index (χ2v) is 8.74. The summed E-state index contributed by atoms with van der Waals surface area (Å²) >= 11 is 0. The van der Waals surface area contributed by atoms with E-state index < -0.39 is 0 Å². The number of hydrogen-bond donors (Lipinski definition) is 1. The Balaban J connectivity index is 1.50. The summed E-state index contributed by atoms with van der Waals surface area (Å²) in [5.74, 6) is 1.09. The van der Waals surface area contributed by atoms with Crippen LogP contribution in [0.2, 0.25) is 0 Å². The number of aryl methyl sites for hydroxylation is 1. The Labute approximate surface area is 177 Å². The highest BCUT2D eigenvalue weighted by molar-refractivity contribution is 6.14. The van der Waals surface area contributed by atoms with Gasteiger partial charge in [-0.1, -0.05) is 6.07 Å². The molecule has 2 fully saturated rings. The molecule has 30 heavy (non-hydrogen) atoms. The van der Waals surface area contributed by atoms with Crippen molar-refractivity contribution in [2.24, 2.45) is 10.9 Å². The quantitative estimate of drug-likeness (QED) is 0.810. The Morgan fingerprint density at radius 1 is 0.967 bits per heavy atom. The predicted octanol–water partition coefficient (Wildman–Crippen LogP) is 3.88. The lowest BCUT2D eigenvalue weighted by molar-refractivity contribution is 0.0640. The molecule has 6 nitrogen and oxygen atoms in total. The zero-order chi connectivity index (χ0) is 20.3. The van der Waals surface area contributed by atoms with Gasteiger partial charge in [-0.15, -0.1) is 0 Å². The molecule has 1 N–H and O–H groups in total. The van der Waals surface area contributed by atoms with Crippen LogP contribution in [-0.2, 0) is 20.6 Å². The van der Waals surface area contributed by atoms with Gasteiger partial charge in [-0.05, 0) is 62.1 Å². The second-order valence-electron chi connectivity index (χ2n) is 8.74. The molecule has 5 rings (SSSR count). The molecule has 6 heteroatoms. The van der Waals surface area contributed by atoms with Crippen LogP contribution in [0.5, 0.6) is 5.88 Å². The first-order valence-electron chi connectivity index (χ1n) is 11.4. The maximum atomic E-state index is 11.3. The Morgan fingerprint density at radius 2 is 1.73 bits per heavy atom. The van der Waals surface area contributed by atoms with Crippen molar-refractivity contribution < 1.29 is 19.3 Å². The molecular weight excluding hydrogens is 380 g/mol. The molecule has 0 unspecified atom stereocenters. The Kier molecular flexibility index (Phi) is 6.07. The number of hydrogen-bond acceptors (Lipinski definition) is 5. The van der Waals surface area contributed by atoms with Gasteiger partial charge in [0.25, 0.3) is 0 Å². The van der Waals surface area contributed by atoms with Gasteiger partial charge in [0, 0.05) is 37.9 Å². The highest BCUT2D eigenvalue weighted by Gasteiger charge is 2.27. The molecule has 0 atom stereocenters. The van der Waals surface area contributed by atoms with Crippen LogP contribution < -0.4 is 0 Å². The fraction of sp³-hybridized carbons (Fsp3) is 0.625. The monoisotopic (exact) mass is 412 g/mol. The third-order valence-electron chi connectivity index (χ3n) is 6.85. The molecule has 4 heterocycles. The van der Waals surface area contributed by atoms with Crippen LogP contribution in [0.3, 0.4) is 0 Å². The van der Waals surface area contributed by atoms with E-state index >= 15 is 0 Å². The van der Waals surface area contributed by atoms with Crippen LogP contribution >= 0.6 is 0 Å². The lowest BCUT2D eigenvalue weighted by Crippen LogP contribution is -2.20. The molecule has 1 aromatic carbocycles. The third kappa shape index (κ3) is 4.01. The van der Waals surface area contributed by atoms with Crippen LogP contribution in [0.15, 0.2) is 23.2 Å². The summed E-state index contributed by atoms with van der Waals surface area (Å²) < 4.78 is 18.8. The SMILES string of the molecule is Oc1c(C2=NCCOC2)c2cc(CCC3CCOCC3)ccc2n1C1CCOCC1. The summed E-state index contributed by atoms with van der Waals surface area (Å²) in [6.07, 6.45) is 6.44. The van der Waals surface area contributed by atoms with E-state index in [1.807, 2.05) is 0 Å². The first kappa shape index (κ1) is 20.0. The highest BCUT2D eigenvalue weighted by Crippen LogP contribution is 2.39. The Hall–Kier alpha value is -1.89. The maximum Gasteiger partial charge on any atom is 0.201 e. The number of fused-ring (bicyclic) bond motifs is 1. The van der Waals surface area contributed by atoms with Gasteiger partial charge in [-0.2, -0.15) is 0 Å². The fourth-order valence-corrected chi connectivity index (χ4v) is 5.12. The average molecular weight is 413 g/mol. The van der Waals surface area contributed by atoms with Crippen molar-refractivity contribution in [1.29, 1.82) is 0 Å². The van der Waals surface area contributed by atoms with Crippen LogP contribution in [0.1, 0.15) is 49.3 Å². The van der Waals surface area contributed by atoms with E-state index in [0.29, 0.717) is 25.6 Å². The van der Waals surface area contributed by atoms with E-state index in [4.69, 9.17) is 19.2 Å². The van der Waals surface area contributed by atoms with E-state index in [-0.39, 0.29) is 6.04 Å². The smallest absolute Gasteiger partial charge is 0.201 e. The molecule has 0 aliphatic carbocycles. The van der Waals surface area contributed by atoms with E-state index in [2.05, 4.69) is 22.8 Å². The molecule has 2 saturated heterocycles. The maximum absolute atomic E-state index is 11.3. The summed E-state index contributed by atoms with van der Waals surface area (Å²) in [6, 6.07) is 6.96. The number of aliphatic imine (C=N–C) groups is 1. The number of benzene rings is 1. The molecule has 3 aliphatic rings. The van der Waals surface area contributed by atoms with E-state index in [9.17, 15) is 5.11 Å². The van der Waals surface area contributed by atoms with Gasteiger partial charge in [0.15, 0.2) is 0 Å². The molecular formula is C24H32N2O4. The summed E-state index contributed by atoms with van der Waals surface area (Å²) in [5.41, 5.74) is 4.16. The Morgan fingerprint density at radius 3 is 2.47 bits per heavy atom. The topological polar surface area (TPSA) is 65.2 Å². The standard InChI is InChI=1S/C24H32N2O4/c27-24-23(21-16-30-14-9-25-21)20-15-18(2-1-17-5-10-28-11-6-17)3-4-22(20)26(24)19-7-12-29-13-8-19/h3-4,15,17,19,27H,1-2,5-14,16H2. The van der Waals surface area contributed by atoms with Gasteiger partial charge in [-0.3, -0.25) is 4.99 Å². The van der Waals surface area contributed by atoms with Gasteiger partial charge in [0.1, 0.15) is 0 Å². The van der Waals surface area contributed by atoms with Crippen molar-refractivity contribution in [3.63, 3.8) is 0 Å². The molecule has 0 amide bonds. The van der Waals surface area contributed by atoms with Crippen LogP contribution in [-0.4, -0.2) is 61.6 Å². The minimum Gasteiger partial charge on any atom is -0.494 e. The minimum atomic E-state index is 0.258. The fourth-order valence-electron chi connectivity index (χ4n) is 5.12. The van der Waals surface area contributed by atoms with E-state index in [0.717, 1.165) is 73.8 Å². The number of aromatic nitrogens is 1. The zero-order valence-corrected chi connectivity index (χ0v) is 17.6. The molecule has 0 saturated carbocycles. The molecule has 0 spiro atoms. The van der Waals surface area contributed by atoms with Gasteiger partial charge in [0.05, 0.1) is 36.6 Å². The van der Waals surface area contributed by atoms with Crippen molar-refractivity contribution in [2.45, 2.75) is 44.6 Å². The van der Waals surface area contributed by atoms with Crippen molar-refractivity contribution in [3.8, 4) is 5.88 Å². The third-order valence-corrected chi connectivity index (χ3v) is 6.85. The summed E-state index contributed by atoms with van der Waals surface area (Å²) in [5, 5.41) is 12.4. The number of ether oxygens (including phenoxy) is 3. The van der Waals surface area contributed by atoms with Gasteiger partial charge >= 0.3 is 0 Å². The van der Waals surface area contributed by atoms with Gasteiger partial charge < -0.3 is 23.9 Å². The summed E-state index contributed by atoms with van der Waals surface area (Å²) in [4.78, 5) is 4.70. The summed E-state index contributed by atoms with van der Waals surface area (Å²) in [7, 11) is 0. The van der Waals surface area contributed by atoms with Crippen LogP contribution in [0, 0.1) is 5.92 Å². The highest BCUT2D eigenvalue weighted by atomic mass is 16.5. The number of aromatic hydroxyl groups is 1. The van der Waals surface area contributed by atoms with Crippen molar-refractivity contribution in [1.82, 2.24) is 4.57 Å². The largest absolute Gasteiger partial charge is 0.494 e. The first-order valence-corrected chi connectivity index (χ1v) is 11.4. The lowest BCUT2D eigenvalue weighted by Gasteiger charge is -2.25. The Bertz CT molecular complexity index is 908. The van der Waals surface area contributed by atoms with Gasteiger partial charge in [0.2, 0.25) is 5.88 Å². The van der Waals surface area contributed by atoms with Crippen LogP contribution in [0.4, 0.5) is 0 Å². The molecule has 1 aromatic heterocycles. The first-order chi connectivity index (χ1) is 14.8. The molecule has 3 aliphatic heterocycles. The molecule has 0 bridgehead atoms. The van der Waals surface area contributed by atoms with Crippen LogP contribution in [0.25, 0.3) is 10.9 Å². The van der Waals surface area contributed by atoms with Crippen molar-refractivity contribution >= 4 is 16.6 Å². The minimum absolute atomic E-state index is 0.258. The molecule has 162 valence electrons. The average Bonchev–Trinajstić information content (AvgIpc) is 3.10.